The highest BCUT2D eigenvalue weighted by atomic mass is 35.5. The van der Waals surface area contributed by atoms with Crippen molar-refractivity contribution < 1.29 is 13.2 Å². The van der Waals surface area contributed by atoms with E-state index in [1.807, 2.05) is 36.1 Å². The summed E-state index contributed by atoms with van der Waals surface area (Å²) in [4.78, 5) is 15.6. The number of nitrogens with zero attached hydrogens (tertiary/aromatic N) is 4. The number of halogens is 1. The molecule has 1 aliphatic heterocycles. The number of piperazine rings is 1. The molecule has 2 heterocycles. The zero-order chi connectivity index (χ0) is 26.7. The van der Waals surface area contributed by atoms with Crippen LogP contribution in [0, 0.1) is 6.92 Å². The van der Waals surface area contributed by atoms with Crippen LogP contribution in [0.2, 0.25) is 5.02 Å². The number of hydrogen-bond acceptors (Lipinski definition) is 6. The number of aromatic nitrogens is 2. The van der Waals surface area contributed by atoms with Gasteiger partial charge in [0.15, 0.2) is 0 Å². The lowest BCUT2D eigenvalue weighted by Gasteiger charge is -2.36. The van der Waals surface area contributed by atoms with E-state index >= 15 is 0 Å². The average molecular weight is 557 g/mol. The van der Waals surface area contributed by atoms with E-state index in [-0.39, 0.29) is 23.2 Å². The van der Waals surface area contributed by atoms with E-state index < -0.39 is 10.0 Å². The molecule has 2 aromatic carbocycles. The molecular weight excluding hydrogens is 524 g/mol. The van der Waals surface area contributed by atoms with E-state index in [1.165, 1.54) is 4.68 Å². The average Bonchev–Trinajstić information content (AvgIpc) is 3.43. The van der Waals surface area contributed by atoms with Crippen LogP contribution in [0.15, 0.2) is 59.5 Å². The second-order valence-electron chi connectivity index (χ2n) is 10.0. The minimum absolute atomic E-state index is 0.0138. The second kappa shape index (κ2) is 11.5. The van der Waals surface area contributed by atoms with Gasteiger partial charge in [-0.2, -0.15) is 14.1 Å². The first kappa shape index (κ1) is 26.7. The monoisotopic (exact) mass is 556 g/mol. The summed E-state index contributed by atoms with van der Waals surface area (Å²) in [6.07, 6.45) is 6.08. The third-order valence-electron chi connectivity index (χ3n) is 7.30. The third kappa shape index (κ3) is 6.06. The van der Waals surface area contributed by atoms with E-state index in [1.54, 1.807) is 34.8 Å². The lowest BCUT2D eigenvalue weighted by Crippen LogP contribution is -2.50. The van der Waals surface area contributed by atoms with Crippen molar-refractivity contribution >= 4 is 27.3 Å². The predicted molar refractivity (Wildman–Crippen MR) is 150 cm³/mol. The molecule has 1 aliphatic carbocycles. The molecule has 202 valence electrons. The van der Waals surface area contributed by atoms with Gasteiger partial charge in [-0.05, 0) is 62.8 Å². The van der Waals surface area contributed by atoms with Crippen molar-refractivity contribution in [2.75, 3.05) is 36.8 Å². The number of rotatable bonds is 8. The summed E-state index contributed by atoms with van der Waals surface area (Å²) in [5.74, 6) is 0.339. The lowest BCUT2D eigenvalue weighted by molar-refractivity contribution is 0.205. The maximum atomic E-state index is 13.6. The number of benzene rings is 2. The molecule has 2 aliphatic rings. The number of ether oxygens (including phenoxy) is 1. The standard InChI is InChI=1S/C28H33ClN4O4S/c1-21-9-11-22(12-10-21)13-18-38(35,36)32-16-14-31(15-17-32)26-20-30-33(24-6-4-5-23(29)19-24)28(34)27(26)37-25-7-2-3-8-25/h4-6,9-12,19-20,25H,2-3,7-8,13-18H2,1H3. The van der Waals surface area contributed by atoms with E-state index in [9.17, 15) is 13.2 Å². The SMILES string of the molecule is Cc1ccc(CCS(=O)(=O)N2CCN(c3cnn(-c4cccc(Cl)c4)c(=O)c3OC3CCCC3)CC2)cc1. The first-order valence-corrected chi connectivity index (χ1v) is 15.1. The van der Waals surface area contributed by atoms with Crippen molar-refractivity contribution in [2.45, 2.75) is 45.1 Å². The highest BCUT2D eigenvalue weighted by Gasteiger charge is 2.30. The summed E-state index contributed by atoms with van der Waals surface area (Å²) in [7, 11) is -3.40. The second-order valence-corrected chi connectivity index (χ2v) is 12.5. The predicted octanol–water partition coefficient (Wildman–Crippen LogP) is 4.21. The Bertz CT molecular complexity index is 1430. The van der Waals surface area contributed by atoms with Crippen LogP contribution in [0.4, 0.5) is 5.69 Å². The van der Waals surface area contributed by atoms with Gasteiger partial charge in [-0.3, -0.25) is 4.79 Å². The van der Waals surface area contributed by atoms with Gasteiger partial charge in [-0.15, -0.1) is 0 Å². The van der Waals surface area contributed by atoms with Crippen molar-refractivity contribution in [3.63, 3.8) is 0 Å². The first-order chi connectivity index (χ1) is 18.3. The Morgan fingerprint density at radius 1 is 1.03 bits per heavy atom. The molecule has 10 heteroatoms. The summed E-state index contributed by atoms with van der Waals surface area (Å²) in [6, 6.07) is 14.9. The van der Waals surface area contributed by atoms with Gasteiger partial charge in [0.25, 0.3) is 0 Å². The summed E-state index contributed by atoms with van der Waals surface area (Å²) >= 11 is 6.15. The fourth-order valence-electron chi connectivity index (χ4n) is 5.07. The van der Waals surface area contributed by atoms with Gasteiger partial charge >= 0.3 is 5.56 Å². The maximum Gasteiger partial charge on any atom is 0.316 e. The van der Waals surface area contributed by atoms with E-state index in [2.05, 4.69) is 5.10 Å². The fraction of sp³-hybridized carbons (Fsp3) is 0.429. The quantitative estimate of drug-likeness (QED) is 0.413. The molecule has 38 heavy (non-hydrogen) atoms. The maximum absolute atomic E-state index is 13.6. The van der Waals surface area contributed by atoms with Crippen molar-refractivity contribution in [1.29, 1.82) is 0 Å². The normalized spacial score (nSPS) is 17.2. The number of sulfonamides is 1. The minimum atomic E-state index is -3.40. The number of anilines is 1. The smallest absolute Gasteiger partial charge is 0.316 e. The van der Waals surface area contributed by atoms with Crippen LogP contribution in [0.25, 0.3) is 5.69 Å². The molecule has 0 radical (unpaired) electrons. The number of aryl methyl sites for hydroxylation is 2. The van der Waals surface area contributed by atoms with Gasteiger partial charge in [-0.25, -0.2) is 8.42 Å². The minimum Gasteiger partial charge on any atom is -0.483 e. The highest BCUT2D eigenvalue weighted by Crippen LogP contribution is 2.30. The Labute approximate surface area is 228 Å². The first-order valence-electron chi connectivity index (χ1n) is 13.1. The van der Waals surface area contributed by atoms with Gasteiger partial charge in [0, 0.05) is 31.2 Å². The number of hydrogen-bond donors (Lipinski definition) is 0. The summed E-state index contributed by atoms with van der Waals surface area (Å²) < 4.78 is 35.3. The van der Waals surface area contributed by atoms with Crippen molar-refractivity contribution in [3.05, 3.63) is 81.2 Å². The molecule has 0 spiro atoms. The fourth-order valence-corrected chi connectivity index (χ4v) is 6.72. The van der Waals surface area contributed by atoms with Gasteiger partial charge in [-0.1, -0.05) is 47.5 Å². The van der Waals surface area contributed by atoms with E-state index in [4.69, 9.17) is 16.3 Å². The van der Waals surface area contributed by atoms with Gasteiger partial charge in [0.1, 0.15) is 5.69 Å². The van der Waals surface area contributed by atoms with Crippen LogP contribution in [0.1, 0.15) is 36.8 Å². The Morgan fingerprint density at radius 2 is 1.74 bits per heavy atom. The molecule has 0 unspecified atom stereocenters. The Kier molecular flexibility index (Phi) is 8.07. The molecule has 0 N–H and O–H groups in total. The lowest BCUT2D eigenvalue weighted by atomic mass is 10.1. The Hall–Kier alpha value is -2.88. The van der Waals surface area contributed by atoms with Crippen LogP contribution in [0.5, 0.6) is 5.75 Å². The molecule has 1 aromatic heterocycles. The van der Waals surface area contributed by atoms with Crippen LogP contribution < -0.4 is 15.2 Å². The molecule has 0 bridgehead atoms. The zero-order valence-corrected chi connectivity index (χ0v) is 23.1. The molecule has 0 atom stereocenters. The molecule has 3 aromatic rings. The Balaban J connectivity index is 1.33. The van der Waals surface area contributed by atoms with Gasteiger partial charge < -0.3 is 9.64 Å². The topological polar surface area (TPSA) is 84.7 Å². The van der Waals surface area contributed by atoms with Gasteiger partial charge in [0.05, 0.1) is 23.7 Å². The van der Waals surface area contributed by atoms with E-state index in [0.29, 0.717) is 49.0 Å². The molecule has 1 saturated carbocycles. The molecule has 5 rings (SSSR count). The molecule has 8 nitrogen and oxygen atoms in total. The van der Waals surface area contributed by atoms with Crippen LogP contribution >= 0.6 is 11.6 Å². The largest absolute Gasteiger partial charge is 0.483 e. The van der Waals surface area contributed by atoms with Crippen LogP contribution in [-0.4, -0.2) is 60.5 Å². The summed E-state index contributed by atoms with van der Waals surface area (Å²) in [6.45, 7) is 3.60. The summed E-state index contributed by atoms with van der Waals surface area (Å²) in [5.41, 5.74) is 2.99. The molecule has 2 fully saturated rings. The van der Waals surface area contributed by atoms with Crippen molar-refractivity contribution in [2.24, 2.45) is 0 Å². The molecule has 0 amide bonds. The van der Waals surface area contributed by atoms with E-state index in [0.717, 1.165) is 36.8 Å². The highest BCUT2D eigenvalue weighted by molar-refractivity contribution is 7.89. The van der Waals surface area contributed by atoms with Crippen molar-refractivity contribution in [1.82, 2.24) is 14.1 Å². The zero-order valence-electron chi connectivity index (χ0n) is 21.6. The van der Waals surface area contributed by atoms with Crippen LogP contribution in [-0.2, 0) is 16.4 Å². The molecular formula is C28H33ClN4O4S. The summed E-state index contributed by atoms with van der Waals surface area (Å²) in [5, 5.41) is 4.94. The molecule has 1 saturated heterocycles. The van der Waals surface area contributed by atoms with Gasteiger partial charge in [0.2, 0.25) is 15.8 Å². The Morgan fingerprint density at radius 3 is 2.42 bits per heavy atom. The van der Waals surface area contributed by atoms with Crippen LogP contribution in [0.3, 0.4) is 0 Å². The van der Waals surface area contributed by atoms with Crippen molar-refractivity contribution in [3.8, 4) is 11.4 Å². The third-order valence-corrected chi connectivity index (χ3v) is 9.40.